The molecule has 0 aliphatic rings. The average molecular weight is 381 g/mol. The fourth-order valence-corrected chi connectivity index (χ4v) is 2.69. The van der Waals surface area contributed by atoms with E-state index in [1.807, 2.05) is 0 Å². The average Bonchev–Trinajstić information content (AvgIpc) is 2.60. The van der Waals surface area contributed by atoms with Gasteiger partial charge in [-0.3, -0.25) is 0 Å². The lowest BCUT2D eigenvalue weighted by molar-refractivity contribution is 0.262. The van der Waals surface area contributed by atoms with Crippen molar-refractivity contribution >= 4 is 27.4 Å². The fraction of sp³-hybridized carbons (Fsp3) is 0.188. The van der Waals surface area contributed by atoms with Gasteiger partial charge in [0.05, 0.1) is 31.9 Å². The number of methoxy groups -OCH3 is 3. The fourth-order valence-electron chi connectivity index (χ4n) is 2.17. The number of amides is 2. The molecule has 0 saturated heterocycles. The Morgan fingerprint density at radius 1 is 0.885 bits per heavy atom. The highest BCUT2D eigenvalue weighted by Crippen LogP contribution is 2.39. The third kappa shape index (κ3) is 4.55. The molecular formula is C16H19N3O6S. The largest absolute Gasteiger partial charge is 0.493 e. The highest BCUT2D eigenvalue weighted by molar-refractivity contribution is 7.89. The highest BCUT2D eigenvalue weighted by atomic mass is 32.2. The van der Waals surface area contributed by atoms with Crippen LogP contribution in [0.15, 0.2) is 41.3 Å². The molecule has 0 atom stereocenters. The number of primary sulfonamides is 1. The molecule has 9 nitrogen and oxygen atoms in total. The number of hydrogen-bond donors (Lipinski definition) is 3. The summed E-state index contributed by atoms with van der Waals surface area (Å²) in [6.07, 6.45) is 0. The van der Waals surface area contributed by atoms with Crippen molar-refractivity contribution < 1.29 is 27.4 Å². The van der Waals surface area contributed by atoms with Gasteiger partial charge in [0.1, 0.15) is 0 Å². The maximum Gasteiger partial charge on any atom is 0.323 e. The molecule has 2 aromatic carbocycles. The molecule has 10 heteroatoms. The van der Waals surface area contributed by atoms with Crippen LogP contribution in [0.5, 0.6) is 17.2 Å². The van der Waals surface area contributed by atoms with E-state index < -0.39 is 16.1 Å². The monoisotopic (exact) mass is 381 g/mol. The lowest BCUT2D eigenvalue weighted by Gasteiger charge is -2.15. The number of hydrogen-bond acceptors (Lipinski definition) is 6. The Hall–Kier alpha value is -2.98. The molecule has 4 N–H and O–H groups in total. The molecule has 2 amide bonds. The zero-order valence-corrected chi connectivity index (χ0v) is 15.2. The van der Waals surface area contributed by atoms with Crippen LogP contribution < -0.4 is 30.0 Å². The van der Waals surface area contributed by atoms with Crippen molar-refractivity contribution in [1.82, 2.24) is 0 Å². The summed E-state index contributed by atoms with van der Waals surface area (Å²) in [6.45, 7) is 0. The number of carbonyl (C=O) groups is 1. The van der Waals surface area contributed by atoms with Gasteiger partial charge >= 0.3 is 6.03 Å². The van der Waals surface area contributed by atoms with Gasteiger partial charge in [-0.1, -0.05) is 0 Å². The van der Waals surface area contributed by atoms with E-state index in [0.29, 0.717) is 28.6 Å². The molecule has 0 fully saturated rings. The normalized spacial score (nSPS) is 10.8. The van der Waals surface area contributed by atoms with Crippen molar-refractivity contribution in [3.63, 3.8) is 0 Å². The molecule has 0 aliphatic heterocycles. The lowest BCUT2D eigenvalue weighted by Crippen LogP contribution is -2.19. The first-order valence-electron chi connectivity index (χ1n) is 7.29. The molecule has 0 saturated carbocycles. The number of benzene rings is 2. The Labute approximate surface area is 151 Å². The molecule has 2 aromatic rings. The number of nitrogens with two attached hydrogens (primary N) is 1. The van der Waals surface area contributed by atoms with Crippen LogP contribution in [0, 0.1) is 0 Å². The van der Waals surface area contributed by atoms with Crippen LogP contribution in [-0.2, 0) is 10.0 Å². The summed E-state index contributed by atoms with van der Waals surface area (Å²) in [7, 11) is 0.624. The van der Waals surface area contributed by atoms with Gasteiger partial charge in [0.25, 0.3) is 0 Å². The molecule has 0 aliphatic carbocycles. The second kappa shape index (κ2) is 7.93. The molecule has 26 heavy (non-hydrogen) atoms. The minimum Gasteiger partial charge on any atom is -0.493 e. The Morgan fingerprint density at radius 2 is 1.38 bits per heavy atom. The van der Waals surface area contributed by atoms with Gasteiger partial charge in [0, 0.05) is 17.8 Å². The van der Waals surface area contributed by atoms with Crippen molar-refractivity contribution in [2.24, 2.45) is 5.14 Å². The van der Waals surface area contributed by atoms with Crippen LogP contribution >= 0.6 is 0 Å². The highest BCUT2D eigenvalue weighted by Gasteiger charge is 2.14. The van der Waals surface area contributed by atoms with Crippen molar-refractivity contribution in [1.29, 1.82) is 0 Å². The molecule has 0 aromatic heterocycles. The molecule has 0 spiro atoms. The van der Waals surface area contributed by atoms with E-state index in [4.69, 9.17) is 19.3 Å². The second-order valence-electron chi connectivity index (χ2n) is 5.06. The number of carbonyl (C=O) groups excluding carboxylic acids is 1. The van der Waals surface area contributed by atoms with Gasteiger partial charge in [0.2, 0.25) is 15.8 Å². The van der Waals surface area contributed by atoms with E-state index in [1.54, 1.807) is 12.1 Å². The van der Waals surface area contributed by atoms with Gasteiger partial charge in [0.15, 0.2) is 11.5 Å². The summed E-state index contributed by atoms with van der Waals surface area (Å²) in [4.78, 5) is 12.1. The lowest BCUT2D eigenvalue weighted by atomic mass is 10.2. The van der Waals surface area contributed by atoms with Gasteiger partial charge in [-0.05, 0) is 24.3 Å². The quantitative estimate of drug-likeness (QED) is 0.702. The number of anilines is 2. The molecule has 0 unspecified atom stereocenters. The Balaban J connectivity index is 2.15. The number of sulfonamides is 1. The van der Waals surface area contributed by atoms with Crippen molar-refractivity contribution in [2.45, 2.75) is 4.90 Å². The summed E-state index contributed by atoms with van der Waals surface area (Å²) in [5.74, 6) is 1.18. The molecule has 140 valence electrons. The predicted molar refractivity (Wildman–Crippen MR) is 96.6 cm³/mol. The van der Waals surface area contributed by atoms with Crippen molar-refractivity contribution in [3.8, 4) is 17.2 Å². The first-order chi connectivity index (χ1) is 12.3. The van der Waals surface area contributed by atoms with Crippen molar-refractivity contribution in [2.75, 3.05) is 32.0 Å². The minimum atomic E-state index is -3.79. The summed E-state index contributed by atoms with van der Waals surface area (Å²) in [5.41, 5.74) is 0.806. The van der Waals surface area contributed by atoms with E-state index in [-0.39, 0.29) is 4.90 Å². The van der Waals surface area contributed by atoms with E-state index in [0.717, 1.165) is 0 Å². The van der Waals surface area contributed by atoms with E-state index in [1.165, 1.54) is 45.6 Å². The maximum atomic E-state index is 12.1. The van der Waals surface area contributed by atoms with Gasteiger partial charge in [-0.2, -0.15) is 0 Å². The van der Waals surface area contributed by atoms with Crippen LogP contribution in [0.3, 0.4) is 0 Å². The minimum absolute atomic E-state index is 0.0481. The summed E-state index contributed by atoms with van der Waals surface area (Å²) < 4.78 is 38.1. The van der Waals surface area contributed by atoms with Gasteiger partial charge in [-0.15, -0.1) is 0 Å². The number of urea groups is 1. The second-order valence-corrected chi connectivity index (χ2v) is 6.62. The van der Waals surface area contributed by atoms with Crippen LogP contribution in [0.4, 0.5) is 16.2 Å². The SMILES string of the molecule is COc1cc(NC(=O)Nc2ccc(S(N)(=O)=O)cc2)cc(OC)c1OC. The first-order valence-corrected chi connectivity index (χ1v) is 8.84. The Morgan fingerprint density at radius 3 is 1.81 bits per heavy atom. The third-order valence-corrected chi connectivity index (χ3v) is 4.29. The molecule has 0 heterocycles. The van der Waals surface area contributed by atoms with Gasteiger partial charge in [-0.25, -0.2) is 18.4 Å². The molecule has 0 radical (unpaired) electrons. The first kappa shape index (κ1) is 19.3. The standard InChI is InChI=1S/C16H19N3O6S/c1-23-13-8-11(9-14(24-2)15(13)25-3)19-16(20)18-10-4-6-12(7-5-10)26(17,21)22/h4-9H,1-3H3,(H2,17,21,22)(H2,18,19,20). The zero-order valence-electron chi connectivity index (χ0n) is 14.4. The topological polar surface area (TPSA) is 129 Å². The third-order valence-electron chi connectivity index (χ3n) is 3.36. The zero-order chi connectivity index (χ0) is 19.3. The number of rotatable bonds is 6. The predicted octanol–water partition coefficient (Wildman–Crippen LogP) is 2.00. The number of ether oxygens (including phenoxy) is 3. The molecule has 2 rings (SSSR count). The molecular weight excluding hydrogens is 362 g/mol. The van der Waals surface area contributed by atoms with Crippen molar-refractivity contribution in [3.05, 3.63) is 36.4 Å². The van der Waals surface area contributed by atoms with E-state index >= 15 is 0 Å². The number of nitrogens with one attached hydrogen (secondary N) is 2. The molecule has 0 bridgehead atoms. The maximum absolute atomic E-state index is 12.1. The van der Waals surface area contributed by atoms with Crippen LogP contribution in [0.2, 0.25) is 0 Å². The Bertz CT molecular complexity index is 872. The van der Waals surface area contributed by atoms with E-state index in [9.17, 15) is 13.2 Å². The Kier molecular flexibility index (Phi) is 5.90. The summed E-state index contributed by atoms with van der Waals surface area (Å²) >= 11 is 0. The van der Waals surface area contributed by atoms with E-state index in [2.05, 4.69) is 10.6 Å². The van der Waals surface area contributed by atoms with Crippen LogP contribution in [-0.4, -0.2) is 35.8 Å². The van der Waals surface area contributed by atoms with Crippen LogP contribution in [0.25, 0.3) is 0 Å². The summed E-state index contributed by atoms with van der Waals surface area (Å²) in [5, 5.41) is 10.2. The van der Waals surface area contributed by atoms with Crippen LogP contribution in [0.1, 0.15) is 0 Å². The summed E-state index contributed by atoms with van der Waals surface area (Å²) in [6, 6.07) is 8.05. The smallest absolute Gasteiger partial charge is 0.323 e. The van der Waals surface area contributed by atoms with Gasteiger partial charge < -0.3 is 24.8 Å².